The highest BCUT2D eigenvalue weighted by molar-refractivity contribution is 7.42. The van der Waals surface area contributed by atoms with E-state index in [0.717, 1.165) is 28.4 Å². The van der Waals surface area contributed by atoms with E-state index in [9.17, 15) is 33.9 Å². The second-order valence-corrected chi connectivity index (χ2v) is 26.0. The number of nitrogens with one attached hydrogen (secondary N) is 2. The third kappa shape index (κ3) is 21.0. The van der Waals surface area contributed by atoms with Crippen molar-refractivity contribution in [3.63, 3.8) is 0 Å². The van der Waals surface area contributed by atoms with Crippen LogP contribution in [0.5, 0.6) is 11.5 Å². The number of fused-ring (bicyclic) bond motifs is 3. The van der Waals surface area contributed by atoms with E-state index in [1.54, 1.807) is 62.1 Å². The zero-order valence-electron chi connectivity index (χ0n) is 51.3. The Hall–Kier alpha value is -6.30. The Labute approximate surface area is 507 Å². The van der Waals surface area contributed by atoms with Crippen molar-refractivity contribution in [2.75, 3.05) is 50.2 Å². The van der Waals surface area contributed by atoms with Gasteiger partial charge in [-0.2, -0.15) is 0 Å². The fourth-order valence-electron chi connectivity index (χ4n) is 10.0. The zero-order chi connectivity index (χ0) is 62.1. The molecule has 2 aliphatic heterocycles. The normalized spacial score (nSPS) is 15.5. The first-order valence-corrected chi connectivity index (χ1v) is 31.1. The SMILES string of the molecule is C=CCOC(=O)N[C@@H](CCCCNC(=O)OC(C)(C)C)C(=O)Cc1ccc(COC(=O)Cc2cc(OCCCCCC(=O)N3C[C@@H](CCl)c4c3cc(OP(OC(C)(C)C)OC(C)(C)C)c3ccccc43)c(C)cc2C(=O)N2CCC[C@H]2CO)cc1. The van der Waals surface area contributed by atoms with Crippen molar-refractivity contribution >= 4 is 72.4 Å². The van der Waals surface area contributed by atoms with Crippen LogP contribution in [0.15, 0.2) is 79.4 Å². The van der Waals surface area contributed by atoms with Crippen molar-refractivity contribution in [3.05, 3.63) is 113 Å². The molecule has 0 spiro atoms. The van der Waals surface area contributed by atoms with E-state index in [1.165, 1.54) is 6.08 Å². The summed E-state index contributed by atoms with van der Waals surface area (Å²) in [5, 5.41) is 17.3. The molecule has 4 aromatic rings. The number of aliphatic hydroxyl groups excluding tert-OH is 1. The van der Waals surface area contributed by atoms with E-state index < -0.39 is 49.6 Å². The summed E-state index contributed by atoms with van der Waals surface area (Å²) in [6.45, 7) is 23.8. The van der Waals surface area contributed by atoms with Gasteiger partial charge in [0.1, 0.15) is 30.3 Å². The number of ether oxygens (including phenoxy) is 4. The first-order chi connectivity index (χ1) is 40.3. The number of Topliss-reactive ketones (excluding diaryl/α,β-unsaturated/α-hetero) is 1. The number of rotatable bonds is 29. The van der Waals surface area contributed by atoms with Crippen LogP contribution in [0.3, 0.4) is 0 Å². The Kier molecular flexibility index (Phi) is 25.0. The summed E-state index contributed by atoms with van der Waals surface area (Å²) in [5.74, 6) is 0.232. The van der Waals surface area contributed by atoms with Crippen LogP contribution in [-0.2, 0) is 57.1 Å². The van der Waals surface area contributed by atoms with E-state index >= 15 is 0 Å². The molecule has 2 heterocycles. The second kappa shape index (κ2) is 31.4. The fraction of sp³-hybridized carbons (Fsp3) is 0.538. The van der Waals surface area contributed by atoms with Crippen molar-refractivity contribution in [2.45, 2.75) is 181 Å². The van der Waals surface area contributed by atoms with Crippen molar-refractivity contribution < 1.29 is 66.4 Å². The summed E-state index contributed by atoms with van der Waals surface area (Å²) in [5.41, 5.74) is 2.88. The molecule has 18 nitrogen and oxygen atoms in total. The average molecular weight is 1220 g/mol. The van der Waals surface area contributed by atoms with Crippen molar-refractivity contribution in [3.8, 4) is 11.5 Å². The highest BCUT2D eigenvalue weighted by Gasteiger charge is 2.37. The molecular formula is C65H88ClN4O14P. The van der Waals surface area contributed by atoms with Gasteiger partial charge >= 0.3 is 26.8 Å². The minimum atomic E-state index is -1.82. The fourth-order valence-corrected chi connectivity index (χ4v) is 11.6. The quantitative estimate of drug-likeness (QED) is 0.0115. The maximum absolute atomic E-state index is 14.1. The van der Waals surface area contributed by atoms with Crippen LogP contribution in [0.25, 0.3) is 10.8 Å². The number of ketones is 1. The third-order valence-corrected chi connectivity index (χ3v) is 16.1. The largest absolute Gasteiger partial charge is 0.493 e. The van der Waals surface area contributed by atoms with Crippen LogP contribution in [0, 0.1) is 6.92 Å². The smallest absolute Gasteiger partial charge is 0.408 e. The number of unbranched alkanes of at least 4 members (excludes halogenated alkanes) is 3. The van der Waals surface area contributed by atoms with Crippen LogP contribution in [0.1, 0.15) is 164 Å². The molecule has 0 bridgehead atoms. The lowest BCUT2D eigenvalue weighted by molar-refractivity contribution is -0.144. The predicted octanol–water partition coefficient (Wildman–Crippen LogP) is 12.7. The number of alkyl carbamates (subject to hydrolysis) is 2. The number of alkyl halides is 1. The summed E-state index contributed by atoms with van der Waals surface area (Å²) in [6, 6.07) is 19.2. The van der Waals surface area contributed by atoms with Gasteiger partial charge < -0.3 is 49.0 Å². The molecule has 0 unspecified atom stereocenters. The molecule has 0 aliphatic carbocycles. The van der Waals surface area contributed by atoms with Crippen molar-refractivity contribution in [2.24, 2.45) is 0 Å². The minimum Gasteiger partial charge on any atom is -0.493 e. The van der Waals surface area contributed by atoms with Gasteiger partial charge in [0.15, 0.2) is 5.78 Å². The highest BCUT2D eigenvalue weighted by atomic mass is 35.5. The Morgan fingerprint density at radius 3 is 2.16 bits per heavy atom. The number of hydrogen-bond donors (Lipinski definition) is 3. The predicted molar refractivity (Wildman–Crippen MR) is 330 cm³/mol. The molecule has 85 heavy (non-hydrogen) atoms. The summed E-state index contributed by atoms with van der Waals surface area (Å²) in [6.07, 6.45) is 4.97. The van der Waals surface area contributed by atoms with Crippen LogP contribution >= 0.6 is 20.2 Å². The number of carbonyl (C=O) groups is 6. The maximum Gasteiger partial charge on any atom is 0.408 e. The molecule has 3 N–H and O–H groups in total. The number of likely N-dealkylation sites (tertiary alicyclic amines) is 1. The average Bonchev–Trinajstić information content (AvgIpc) is 2.56. The Balaban J connectivity index is 1.06. The topological polar surface area (TPSA) is 218 Å². The van der Waals surface area contributed by atoms with Gasteiger partial charge in [-0.25, -0.2) is 9.59 Å². The molecule has 1 saturated heterocycles. The number of amides is 4. The molecule has 3 atom stereocenters. The van der Waals surface area contributed by atoms with Gasteiger partial charge in [-0.1, -0.05) is 61.2 Å². The molecular weight excluding hydrogens is 1130 g/mol. The molecule has 0 radical (unpaired) electrons. The lowest BCUT2D eigenvalue weighted by Crippen LogP contribution is -2.42. The van der Waals surface area contributed by atoms with Crippen LogP contribution in [-0.4, -0.2) is 120 Å². The number of nitrogens with zero attached hydrogens (tertiary/aromatic N) is 2. The number of aliphatic hydroxyl groups is 1. The monoisotopic (exact) mass is 1210 g/mol. The van der Waals surface area contributed by atoms with Crippen molar-refractivity contribution in [1.82, 2.24) is 15.5 Å². The molecule has 20 heteroatoms. The van der Waals surface area contributed by atoms with E-state index in [-0.39, 0.29) is 62.2 Å². The van der Waals surface area contributed by atoms with E-state index in [1.807, 2.05) is 83.7 Å². The molecule has 0 saturated carbocycles. The number of carbonyl (C=O) groups excluding carboxylic acids is 6. The Morgan fingerprint density at radius 2 is 1.51 bits per heavy atom. The number of aryl methyl sites for hydroxylation is 1. The Bertz CT molecular complexity index is 2940. The summed E-state index contributed by atoms with van der Waals surface area (Å²) < 4.78 is 41.6. The first kappa shape index (κ1) is 67.8. The number of hydrogen-bond acceptors (Lipinski definition) is 14. The lowest BCUT2D eigenvalue weighted by Gasteiger charge is -2.30. The van der Waals surface area contributed by atoms with Gasteiger partial charge in [-0.3, -0.25) is 28.2 Å². The lowest BCUT2D eigenvalue weighted by atomic mass is 9.95. The van der Waals surface area contributed by atoms with Crippen LogP contribution < -0.4 is 24.8 Å². The molecule has 4 aromatic carbocycles. The number of esters is 1. The number of benzene rings is 4. The van der Waals surface area contributed by atoms with Gasteiger partial charge in [0.25, 0.3) is 5.91 Å². The zero-order valence-corrected chi connectivity index (χ0v) is 52.9. The second-order valence-electron chi connectivity index (χ2n) is 24.6. The number of anilines is 1. The van der Waals surface area contributed by atoms with Crippen LogP contribution in [0.4, 0.5) is 15.3 Å². The molecule has 464 valence electrons. The Morgan fingerprint density at radius 1 is 0.812 bits per heavy atom. The standard InChI is InChI=1S/C65H88ClN4O14P/c1-12-32-79-62(77)68-52(24-17-18-30-67-61(76)81-63(3,4)5)54(72)35-44-26-28-45(29-27-44)42-80-58(74)37-46-36-55(43(2)34-51(46)60(75)69-31-20-21-48(69)41-71)78-33-19-13-14-25-57(73)70-40-47(39-66)59-50-23-16-15-22-49(50)56(38-53(59)70)82-85(83-64(6,7)8)84-65(9,10)11/h12,15-16,22-23,26-29,34,36,38,47-48,52,71H,1,13-14,17-21,24-25,30-33,35,37,39-42H2,2-11H3,(H,67,76)(H,68,77)/t47-,48+,52+/m1/s1. The third-order valence-electron chi connectivity index (χ3n) is 14.0. The van der Waals surface area contributed by atoms with Gasteiger partial charge in [-0.05, 0) is 166 Å². The molecule has 4 amide bonds. The number of halogens is 1. The van der Waals surface area contributed by atoms with E-state index in [4.69, 9.17) is 44.1 Å². The molecule has 0 aromatic heterocycles. The van der Waals surface area contributed by atoms with Gasteiger partial charge in [-0.15, -0.1) is 11.6 Å². The van der Waals surface area contributed by atoms with Gasteiger partial charge in [0.2, 0.25) is 5.91 Å². The first-order valence-electron chi connectivity index (χ1n) is 29.5. The molecule has 2 aliphatic rings. The van der Waals surface area contributed by atoms with E-state index in [2.05, 4.69) is 17.2 Å². The molecule has 6 rings (SSSR count). The van der Waals surface area contributed by atoms with Crippen LogP contribution in [0.2, 0.25) is 0 Å². The summed E-state index contributed by atoms with van der Waals surface area (Å²) >= 11 is 6.61. The summed E-state index contributed by atoms with van der Waals surface area (Å²) in [4.78, 5) is 83.5. The minimum absolute atomic E-state index is 0.00966. The highest BCUT2D eigenvalue weighted by Crippen LogP contribution is 2.52. The molecule has 1 fully saturated rings. The van der Waals surface area contributed by atoms with Gasteiger partial charge in [0, 0.05) is 61.3 Å². The maximum atomic E-state index is 14.1. The van der Waals surface area contributed by atoms with Crippen molar-refractivity contribution in [1.29, 1.82) is 0 Å². The summed E-state index contributed by atoms with van der Waals surface area (Å²) in [7, 11) is -1.82. The van der Waals surface area contributed by atoms with E-state index in [0.29, 0.717) is 123 Å². The van der Waals surface area contributed by atoms with Gasteiger partial charge in [0.05, 0.1) is 48.6 Å².